The normalized spacial score (nSPS) is 16.6. The Balaban J connectivity index is 1.84. The molecule has 1 aliphatic rings. The molecule has 124 valence electrons. The molecule has 1 aromatic carbocycles. The fraction of sp³-hybridized carbons (Fsp3) is 0.600. The first kappa shape index (κ1) is 18.1. The van der Waals surface area contributed by atoms with Crippen LogP contribution in [0.2, 0.25) is 0 Å². The molecule has 1 N–H and O–H groups in total. The van der Waals surface area contributed by atoms with Crippen LogP contribution in [-0.2, 0) is 10.0 Å². The maximum atomic E-state index is 12.3. The van der Waals surface area contributed by atoms with Gasteiger partial charge >= 0.3 is 0 Å². The van der Waals surface area contributed by atoms with Crippen LogP contribution < -0.4 is 9.46 Å². The molecule has 0 unspecified atom stereocenters. The van der Waals surface area contributed by atoms with Gasteiger partial charge in [-0.25, -0.2) is 13.1 Å². The molecular weight excluding hydrogens is 386 g/mol. The minimum absolute atomic E-state index is 0.253. The van der Waals surface area contributed by atoms with Crippen LogP contribution in [0.15, 0.2) is 27.6 Å². The number of sulfonamides is 1. The number of ether oxygens (including phenoxy) is 1. The van der Waals surface area contributed by atoms with Gasteiger partial charge in [-0.05, 0) is 47.0 Å². The van der Waals surface area contributed by atoms with Crippen molar-refractivity contribution in [3.63, 3.8) is 0 Å². The summed E-state index contributed by atoms with van der Waals surface area (Å²) in [7, 11) is -1.91. The van der Waals surface area contributed by atoms with Gasteiger partial charge in [-0.2, -0.15) is 11.8 Å². The van der Waals surface area contributed by atoms with E-state index in [0.717, 1.165) is 5.75 Å². The number of hydrogen-bond donors (Lipinski definition) is 1. The molecule has 7 heteroatoms. The largest absolute Gasteiger partial charge is 0.496 e. The fourth-order valence-corrected chi connectivity index (χ4v) is 5.63. The molecule has 1 saturated carbocycles. The smallest absolute Gasteiger partial charge is 0.240 e. The van der Waals surface area contributed by atoms with Crippen LogP contribution in [0.4, 0.5) is 0 Å². The number of hydrogen-bond acceptors (Lipinski definition) is 4. The van der Waals surface area contributed by atoms with Crippen LogP contribution in [0.25, 0.3) is 0 Å². The molecule has 0 saturated heterocycles. The number of methoxy groups -OCH3 is 1. The first-order chi connectivity index (χ1) is 10.5. The van der Waals surface area contributed by atoms with Gasteiger partial charge < -0.3 is 4.74 Å². The standard InChI is InChI=1S/C15H22BrNO3S2/c1-20-15-8-7-13(11-14(15)16)22(18,19)17-9-10-21-12-5-3-2-4-6-12/h7-8,11-12,17H,2-6,9-10H2,1H3. The van der Waals surface area contributed by atoms with Crippen LogP contribution in [0, 0.1) is 0 Å². The molecule has 0 bridgehead atoms. The third kappa shape index (κ3) is 5.15. The first-order valence-electron chi connectivity index (χ1n) is 7.48. The number of halogens is 1. The molecule has 0 atom stereocenters. The zero-order valence-corrected chi connectivity index (χ0v) is 15.9. The van der Waals surface area contributed by atoms with E-state index in [2.05, 4.69) is 20.7 Å². The van der Waals surface area contributed by atoms with E-state index in [0.29, 0.717) is 22.0 Å². The Hall–Kier alpha value is -0.240. The van der Waals surface area contributed by atoms with Crippen LogP contribution in [-0.4, -0.2) is 33.1 Å². The Kier molecular flexibility index (Phi) is 7.05. The topological polar surface area (TPSA) is 55.4 Å². The van der Waals surface area contributed by atoms with Crippen molar-refractivity contribution in [3.05, 3.63) is 22.7 Å². The van der Waals surface area contributed by atoms with Crippen LogP contribution >= 0.6 is 27.7 Å². The second kappa shape index (κ2) is 8.57. The van der Waals surface area contributed by atoms with Gasteiger partial charge in [0.2, 0.25) is 10.0 Å². The molecule has 0 aliphatic heterocycles. The second-order valence-corrected chi connectivity index (χ2v) is 9.35. The van der Waals surface area contributed by atoms with Crippen molar-refractivity contribution < 1.29 is 13.2 Å². The predicted molar refractivity (Wildman–Crippen MR) is 95.2 cm³/mol. The van der Waals surface area contributed by atoms with Crippen LogP contribution in [0.3, 0.4) is 0 Å². The van der Waals surface area contributed by atoms with E-state index in [1.54, 1.807) is 25.3 Å². The van der Waals surface area contributed by atoms with Gasteiger partial charge in [-0.3, -0.25) is 0 Å². The fourth-order valence-electron chi connectivity index (χ4n) is 2.53. The summed E-state index contributed by atoms with van der Waals surface area (Å²) in [6, 6.07) is 4.77. The van der Waals surface area contributed by atoms with E-state index < -0.39 is 10.0 Å². The number of nitrogens with one attached hydrogen (secondary N) is 1. The highest BCUT2D eigenvalue weighted by molar-refractivity contribution is 9.10. The van der Waals surface area contributed by atoms with Gasteiger partial charge in [-0.15, -0.1) is 0 Å². The van der Waals surface area contributed by atoms with Crippen molar-refractivity contribution in [2.75, 3.05) is 19.4 Å². The Labute approximate surface area is 145 Å². The van der Waals surface area contributed by atoms with Gasteiger partial charge in [0.05, 0.1) is 16.5 Å². The quantitative estimate of drug-likeness (QED) is 0.698. The molecule has 22 heavy (non-hydrogen) atoms. The van der Waals surface area contributed by atoms with Crippen molar-refractivity contribution in [2.24, 2.45) is 0 Å². The monoisotopic (exact) mass is 407 g/mol. The predicted octanol–water partition coefficient (Wildman–Crippen LogP) is 3.80. The highest BCUT2D eigenvalue weighted by Crippen LogP contribution is 2.28. The molecule has 0 heterocycles. The van der Waals surface area contributed by atoms with Gasteiger partial charge in [0.1, 0.15) is 5.75 Å². The lowest BCUT2D eigenvalue weighted by Crippen LogP contribution is -2.26. The van der Waals surface area contributed by atoms with Gasteiger partial charge in [0.25, 0.3) is 0 Å². The highest BCUT2D eigenvalue weighted by Gasteiger charge is 2.17. The van der Waals surface area contributed by atoms with Crippen molar-refractivity contribution in [2.45, 2.75) is 42.2 Å². The van der Waals surface area contributed by atoms with Crippen LogP contribution in [0.5, 0.6) is 5.75 Å². The molecule has 0 aromatic heterocycles. The summed E-state index contributed by atoms with van der Waals surface area (Å²) in [5.41, 5.74) is 0. The average molecular weight is 408 g/mol. The molecule has 4 nitrogen and oxygen atoms in total. The van der Waals surface area contributed by atoms with Crippen molar-refractivity contribution in [1.82, 2.24) is 4.72 Å². The lowest BCUT2D eigenvalue weighted by molar-refractivity contribution is 0.411. The van der Waals surface area contributed by atoms with Crippen molar-refractivity contribution in [1.29, 1.82) is 0 Å². The molecule has 0 amide bonds. The van der Waals surface area contributed by atoms with Gasteiger partial charge in [0, 0.05) is 17.5 Å². The summed E-state index contributed by atoms with van der Waals surface area (Å²) in [5.74, 6) is 1.44. The Bertz CT molecular complexity index is 586. The minimum Gasteiger partial charge on any atom is -0.496 e. The molecule has 0 radical (unpaired) electrons. The molecule has 2 rings (SSSR count). The maximum absolute atomic E-state index is 12.3. The minimum atomic E-state index is -3.46. The number of benzene rings is 1. The molecule has 1 aromatic rings. The lowest BCUT2D eigenvalue weighted by Gasteiger charge is -2.20. The van der Waals surface area contributed by atoms with Gasteiger partial charge in [0.15, 0.2) is 0 Å². The number of rotatable bonds is 7. The van der Waals surface area contributed by atoms with E-state index in [1.165, 1.54) is 32.1 Å². The zero-order chi connectivity index (χ0) is 16.0. The Morgan fingerprint density at radius 3 is 2.68 bits per heavy atom. The van der Waals surface area contributed by atoms with Crippen LogP contribution in [0.1, 0.15) is 32.1 Å². The van der Waals surface area contributed by atoms with Gasteiger partial charge in [-0.1, -0.05) is 19.3 Å². The highest BCUT2D eigenvalue weighted by atomic mass is 79.9. The van der Waals surface area contributed by atoms with Crippen molar-refractivity contribution in [3.8, 4) is 5.75 Å². The zero-order valence-electron chi connectivity index (χ0n) is 12.7. The molecule has 1 fully saturated rings. The summed E-state index contributed by atoms with van der Waals surface area (Å²) in [6.07, 6.45) is 6.49. The summed E-state index contributed by atoms with van der Waals surface area (Å²) >= 11 is 5.20. The van der Waals surface area contributed by atoms with Crippen molar-refractivity contribution >= 4 is 37.7 Å². The van der Waals surface area contributed by atoms with E-state index >= 15 is 0 Å². The third-order valence-electron chi connectivity index (χ3n) is 3.73. The summed E-state index contributed by atoms with van der Waals surface area (Å²) < 4.78 is 32.9. The Morgan fingerprint density at radius 1 is 1.32 bits per heavy atom. The summed E-state index contributed by atoms with van der Waals surface area (Å²) in [6.45, 7) is 0.465. The molecule has 1 aliphatic carbocycles. The summed E-state index contributed by atoms with van der Waals surface area (Å²) in [5, 5.41) is 0.702. The first-order valence-corrected chi connectivity index (χ1v) is 10.8. The third-order valence-corrected chi connectivity index (χ3v) is 7.19. The number of thioether (sulfide) groups is 1. The van der Waals surface area contributed by atoms with E-state index in [1.807, 2.05) is 11.8 Å². The van der Waals surface area contributed by atoms with E-state index in [9.17, 15) is 8.42 Å². The van der Waals surface area contributed by atoms with E-state index in [4.69, 9.17) is 4.74 Å². The second-order valence-electron chi connectivity index (χ2n) is 5.32. The van der Waals surface area contributed by atoms with E-state index in [-0.39, 0.29) is 4.90 Å². The Morgan fingerprint density at radius 2 is 2.05 bits per heavy atom. The molecular formula is C15H22BrNO3S2. The lowest BCUT2D eigenvalue weighted by atomic mass is 10.0. The average Bonchev–Trinajstić information content (AvgIpc) is 2.52. The SMILES string of the molecule is COc1ccc(S(=O)(=O)NCCSC2CCCCC2)cc1Br. The molecule has 0 spiro atoms. The summed E-state index contributed by atoms with van der Waals surface area (Å²) in [4.78, 5) is 0.253. The maximum Gasteiger partial charge on any atom is 0.240 e.